The van der Waals surface area contributed by atoms with Crippen LogP contribution in [0.25, 0.3) is 0 Å². The predicted octanol–water partition coefficient (Wildman–Crippen LogP) is 1.37. The number of nitrogens with one attached hydrogen (secondary N) is 1. The van der Waals surface area contributed by atoms with E-state index in [1.54, 1.807) is 48.5 Å². The van der Waals surface area contributed by atoms with E-state index in [1.807, 2.05) is 0 Å². The van der Waals surface area contributed by atoms with Gasteiger partial charge < -0.3 is 25.4 Å². The quantitative estimate of drug-likeness (QED) is 0.733. The number of fused-ring (bicyclic) bond motifs is 1. The third-order valence-electron chi connectivity index (χ3n) is 4.89. The molecule has 0 bridgehead atoms. The molecule has 8 heteroatoms. The Balaban J connectivity index is 2.02. The lowest BCUT2D eigenvalue weighted by molar-refractivity contribution is -0.129. The molecule has 3 N–H and O–H groups in total. The second-order valence-electron chi connectivity index (χ2n) is 6.62. The molecule has 2 aromatic carbocycles. The molecule has 152 valence electrons. The zero-order chi connectivity index (χ0) is 21.0. The fraction of sp³-hybridized carbons (Fsp3) is 0.286. The minimum atomic E-state index is -1.13. The Labute approximate surface area is 168 Å². The highest BCUT2D eigenvalue weighted by molar-refractivity contribution is 6.08. The molecule has 3 rings (SSSR count). The first-order chi connectivity index (χ1) is 14.0. The number of nitrogens with two attached hydrogens (primary N) is 1. The van der Waals surface area contributed by atoms with Crippen LogP contribution >= 0.6 is 0 Å². The van der Waals surface area contributed by atoms with Crippen molar-refractivity contribution < 1.29 is 23.9 Å². The maximum atomic E-state index is 13.2. The molecule has 1 aliphatic heterocycles. The molecule has 0 saturated heterocycles. The standard InChI is InChI=1S/C21H23N3O5/c1-28-11-10-24-18(19(22)25)17(15-8-3-4-9-16(15)21(24)27)20(26)23-13-6-5-7-14(12-13)29-2/h3-9,12,17-18H,10-11H2,1-2H3,(H2,22,25)(H,23,26). The number of carbonyl (C=O) groups excluding carboxylic acids is 3. The van der Waals surface area contributed by atoms with Gasteiger partial charge in [0.25, 0.3) is 5.91 Å². The van der Waals surface area contributed by atoms with Crippen LogP contribution in [0.5, 0.6) is 5.75 Å². The van der Waals surface area contributed by atoms with Crippen LogP contribution in [-0.2, 0) is 14.3 Å². The van der Waals surface area contributed by atoms with E-state index >= 15 is 0 Å². The Morgan fingerprint density at radius 1 is 1.14 bits per heavy atom. The Bertz CT molecular complexity index is 930. The average molecular weight is 397 g/mol. The normalized spacial score (nSPS) is 18.1. The van der Waals surface area contributed by atoms with Gasteiger partial charge in [-0.05, 0) is 23.8 Å². The van der Waals surface area contributed by atoms with Crippen LogP contribution in [0.2, 0.25) is 0 Å². The van der Waals surface area contributed by atoms with E-state index in [1.165, 1.54) is 19.1 Å². The van der Waals surface area contributed by atoms with E-state index in [9.17, 15) is 14.4 Å². The number of hydrogen-bond donors (Lipinski definition) is 2. The molecule has 0 saturated carbocycles. The van der Waals surface area contributed by atoms with Crippen LogP contribution < -0.4 is 15.8 Å². The van der Waals surface area contributed by atoms with E-state index in [0.717, 1.165) is 0 Å². The summed E-state index contributed by atoms with van der Waals surface area (Å²) in [6.07, 6.45) is 0. The van der Waals surface area contributed by atoms with Crippen LogP contribution in [0.3, 0.4) is 0 Å². The average Bonchev–Trinajstić information content (AvgIpc) is 2.72. The van der Waals surface area contributed by atoms with E-state index in [4.69, 9.17) is 15.2 Å². The lowest BCUT2D eigenvalue weighted by Gasteiger charge is -2.39. The highest BCUT2D eigenvalue weighted by Gasteiger charge is 2.46. The molecular formula is C21H23N3O5. The summed E-state index contributed by atoms with van der Waals surface area (Å²) in [4.78, 5) is 39.9. The number of amides is 3. The van der Waals surface area contributed by atoms with Crippen molar-refractivity contribution in [3.8, 4) is 5.75 Å². The van der Waals surface area contributed by atoms with Crippen LogP contribution in [0.4, 0.5) is 5.69 Å². The van der Waals surface area contributed by atoms with Gasteiger partial charge in [0.2, 0.25) is 11.8 Å². The number of methoxy groups -OCH3 is 2. The molecule has 3 amide bonds. The van der Waals surface area contributed by atoms with Crippen molar-refractivity contribution in [1.29, 1.82) is 0 Å². The van der Waals surface area contributed by atoms with E-state index < -0.39 is 23.8 Å². The predicted molar refractivity (Wildman–Crippen MR) is 107 cm³/mol. The van der Waals surface area contributed by atoms with Crippen molar-refractivity contribution in [1.82, 2.24) is 4.90 Å². The molecule has 8 nitrogen and oxygen atoms in total. The Kier molecular flexibility index (Phi) is 6.13. The topological polar surface area (TPSA) is 111 Å². The minimum Gasteiger partial charge on any atom is -0.497 e. The summed E-state index contributed by atoms with van der Waals surface area (Å²) >= 11 is 0. The number of nitrogens with zero attached hydrogens (tertiary/aromatic N) is 1. The number of ether oxygens (including phenoxy) is 2. The van der Waals surface area contributed by atoms with Gasteiger partial charge >= 0.3 is 0 Å². The zero-order valence-electron chi connectivity index (χ0n) is 16.3. The zero-order valence-corrected chi connectivity index (χ0v) is 16.3. The molecule has 0 fully saturated rings. The number of rotatable bonds is 7. The molecule has 1 aliphatic rings. The van der Waals surface area contributed by atoms with Crippen LogP contribution in [0, 0.1) is 0 Å². The molecule has 29 heavy (non-hydrogen) atoms. The molecule has 2 aromatic rings. The monoisotopic (exact) mass is 397 g/mol. The Morgan fingerprint density at radius 3 is 2.59 bits per heavy atom. The molecule has 2 unspecified atom stereocenters. The summed E-state index contributed by atoms with van der Waals surface area (Å²) in [5.41, 5.74) is 6.99. The highest BCUT2D eigenvalue weighted by atomic mass is 16.5. The molecular weight excluding hydrogens is 374 g/mol. The molecule has 1 heterocycles. The Morgan fingerprint density at radius 2 is 1.90 bits per heavy atom. The van der Waals surface area contributed by atoms with Gasteiger partial charge in [-0.2, -0.15) is 0 Å². The maximum Gasteiger partial charge on any atom is 0.254 e. The van der Waals surface area contributed by atoms with Gasteiger partial charge in [0.1, 0.15) is 11.8 Å². The van der Waals surface area contributed by atoms with Crippen molar-refractivity contribution in [3.63, 3.8) is 0 Å². The first-order valence-corrected chi connectivity index (χ1v) is 9.11. The first-order valence-electron chi connectivity index (χ1n) is 9.11. The number of anilines is 1. The van der Waals surface area contributed by atoms with Gasteiger partial charge in [0, 0.05) is 31.0 Å². The number of primary amides is 1. The number of carbonyl (C=O) groups is 3. The van der Waals surface area contributed by atoms with Gasteiger partial charge in [0.05, 0.1) is 19.6 Å². The maximum absolute atomic E-state index is 13.2. The van der Waals surface area contributed by atoms with E-state index in [-0.39, 0.29) is 19.1 Å². The lowest BCUT2D eigenvalue weighted by atomic mass is 9.81. The molecule has 0 radical (unpaired) electrons. The summed E-state index contributed by atoms with van der Waals surface area (Å²) in [6.45, 7) is 0.349. The SMILES string of the molecule is COCCN1C(=O)c2ccccc2C(C(=O)Nc2cccc(OC)c2)C1C(N)=O. The highest BCUT2D eigenvalue weighted by Crippen LogP contribution is 2.34. The Hall–Kier alpha value is -3.39. The third kappa shape index (κ3) is 4.07. The van der Waals surface area contributed by atoms with Crippen LogP contribution in [-0.4, -0.2) is 56.0 Å². The third-order valence-corrected chi connectivity index (χ3v) is 4.89. The van der Waals surface area contributed by atoms with E-state index in [0.29, 0.717) is 22.6 Å². The van der Waals surface area contributed by atoms with Gasteiger partial charge in [-0.1, -0.05) is 24.3 Å². The summed E-state index contributed by atoms with van der Waals surface area (Å²) in [7, 11) is 3.02. The van der Waals surface area contributed by atoms with Gasteiger partial charge in [0.15, 0.2) is 0 Å². The fourth-order valence-corrected chi connectivity index (χ4v) is 3.55. The lowest BCUT2D eigenvalue weighted by Crippen LogP contribution is -2.57. The van der Waals surface area contributed by atoms with Gasteiger partial charge in [-0.15, -0.1) is 0 Å². The molecule has 0 spiro atoms. The van der Waals surface area contributed by atoms with Gasteiger partial charge in [-0.25, -0.2) is 0 Å². The molecule has 2 atom stereocenters. The summed E-state index contributed by atoms with van der Waals surface area (Å²) in [5, 5.41) is 2.81. The fourth-order valence-electron chi connectivity index (χ4n) is 3.55. The van der Waals surface area contributed by atoms with E-state index in [2.05, 4.69) is 5.32 Å². The van der Waals surface area contributed by atoms with Crippen molar-refractivity contribution in [2.45, 2.75) is 12.0 Å². The second-order valence-corrected chi connectivity index (χ2v) is 6.62. The summed E-state index contributed by atoms with van der Waals surface area (Å²) < 4.78 is 10.2. The summed E-state index contributed by atoms with van der Waals surface area (Å²) in [6, 6.07) is 12.5. The van der Waals surface area contributed by atoms with Crippen LogP contribution in [0.15, 0.2) is 48.5 Å². The molecule has 0 aromatic heterocycles. The molecule has 0 aliphatic carbocycles. The van der Waals surface area contributed by atoms with Crippen molar-refractivity contribution in [3.05, 3.63) is 59.7 Å². The second kappa shape index (κ2) is 8.74. The number of benzene rings is 2. The van der Waals surface area contributed by atoms with Crippen molar-refractivity contribution >= 4 is 23.4 Å². The first kappa shape index (κ1) is 20.3. The minimum absolute atomic E-state index is 0.139. The largest absolute Gasteiger partial charge is 0.497 e. The smallest absolute Gasteiger partial charge is 0.254 e. The van der Waals surface area contributed by atoms with Crippen molar-refractivity contribution in [2.75, 3.05) is 32.7 Å². The number of hydrogen-bond acceptors (Lipinski definition) is 5. The van der Waals surface area contributed by atoms with Crippen molar-refractivity contribution in [2.24, 2.45) is 5.73 Å². The summed E-state index contributed by atoms with van der Waals surface area (Å²) in [5.74, 6) is -1.93. The van der Waals surface area contributed by atoms with Gasteiger partial charge in [-0.3, -0.25) is 14.4 Å². The van der Waals surface area contributed by atoms with Crippen LogP contribution in [0.1, 0.15) is 21.8 Å².